The molecule has 1 fully saturated rings. The fraction of sp³-hybridized carbons (Fsp3) is 0.533. The molecule has 1 aromatic carbocycles. The molecule has 1 amide bonds. The summed E-state index contributed by atoms with van der Waals surface area (Å²) in [6.07, 6.45) is 1.93. The average Bonchev–Trinajstić information content (AvgIpc) is 2.98. The maximum atomic E-state index is 12.5. The number of hydrogen-bond acceptors (Lipinski definition) is 3. The van der Waals surface area contributed by atoms with Crippen LogP contribution in [0.3, 0.4) is 0 Å². The Morgan fingerprint density at radius 2 is 1.82 bits per heavy atom. The van der Waals surface area contributed by atoms with Crippen LogP contribution in [0, 0.1) is 5.92 Å². The third kappa shape index (κ3) is 3.80. The molecule has 22 heavy (non-hydrogen) atoms. The number of nitrogens with zero attached hydrogens (tertiary/aromatic N) is 1. The van der Waals surface area contributed by atoms with Crippen LogP contribution in [-0.2, 0) is 14.8 Å². The predicted octanol–water partition coefficient (Wildman–Crippen LogP) is 2.27. The Balaban J connectivity index is 2.24. The van der Waals surface area contributed by atoms with Gasteiger partial charge in [-0.1, -0.05) is 37.6 Å². The molecule has 122 valence electrons. The molecule has 0 bridgehead atoms. The normalized spacial score (nSPS) is 17.0. The lowest BCUT2D eigenvalue weighted by atomic mass is 10.0. The molecule has 0 aromatic heterocycles. The summed E-state index contributed by atoms with van der Waals surface area (Å²) in [6, 6.07) is 5.44. The highest BCUT2D eigenvalue weighted by molar-refractivity contribution is 7.89. The molecule has 1 saturated heterocycles. The van der Waals surface area contributed by atoms with Crippen LogP contribution in [0.4, 0.5) is 0 Å². The summed E-state index contributed by atoms with van der Waals surface area (Å²) in [6.45, 7) is 5.03. The summed E-state index contributed by atoms with van der Waals surface area (Å²) in [5, 5.41) is 0.145. The van der Waals surface area contributed by atoms with Crippen LogP contribution in [0.25, 0.3) is 0 Å². The van der Waals surface area contributed by atoms with Crippen molar-refractivity contribution in [1.29, 1.82) is 0 Å². The lowest BCUT2D eigenvalue weighted by Crippen LogP contribution is -2.50. The molecule has 1 aliphatic rings. The highest BCUT2D eigenvalue weighted by atomic mass is 35.5. The molecule has 1 N–H and O–H groups in total. The highest BCUT2D eigenvalue weighted by Gasteiger charge is 2.33. The monoisotopic (exact) mass is 344 g/mol. The van der Waals surface area contributed by atoms with Gasteiger partial charge in [-0.25, -0.2) is 8.42 Å². The van der Waals surface area contributed by atoms with Crippen molar-refractivity contribution in [2.75, 3.05) is 13.1 Å². The minimum absolute atomic E-state index is 0.00320. The maximum Gasteiger partial charge on any atom is 0.242 e. The van der Waals surface area contributed by atoms with Crippen LogP contribution in [0.15, 0.2) is 29.2 Å². The lowest BCUT2D eigenvalue weighted by Gasteiger charge is -2.26. The first-order valence-electron chi connectivity index (χ1n) is 7.38. The van der Waals surface area contributed by atoms with E-state index >= 15 is 0 Å². The number of nitrogens with one attached hydrogen (secondary N) is 1. The topological polar surface area (TPSA) is 66.5 Å². The van der Waals surface area contributed by atoms with Crippen LogP contribution in [0.1, 0.15) is 26.7 Å². The van der Waals surface area contributed by atoms with Gasteiger partial charge in [-0.15, -0.1) is 0 Å². The van der Waals surface area contributed by atoms with Crippen LogP contribution in [-0.4, -0.2) is 38.4 Å². The highest BCUT2D eigenvalue weighted by Crippen LogP contribution is 2.22. The minimum atomic E-state index is -3.84. The van der Waals surface area contributed by atoms with Crippen molar-refractivity contribution >= 4 is 27.5 Å². The van der Waals surface area contributed by atoms with E-state index in [9.17, 15) is 13.2 Å². The summed E-state index contributed by atoms with van der Waals surface area (Å²) < 4.78 is 27.6. The molecular weight excluding hydrogens is 324 g/mol. The molecule has 1 aromatic rings. The Morgan fingerprint density at radius 3 is 2.36 bits per heavy atom. The number of amides is 1. The van der Waals surface area contributed by atoms with Crippen LogP contribution < -0.4 is 4.72 Å². The van der Waals surface area contributed by atoms with E-state index < -0.39 is 16.1 Å². The van der Waals surface area contributed by atoms with Gasteiger partial charge in [0.1, 0.15) is 10.9 Å². The van der Waals surface area contributed by atoms with Gasteiger partial charge in [0.25, 0.3) is 0 Å². The summed E-state index contributed by atoms with van der Waals surface area (Å²) in [5.74, 6) is -0.312. The van der Waals surface area contributed by atoms with Gasteiger partial charge in [0, 0.05) is 13.1 Å². The second-order valence-electron chi connectivity index (χ2n) is 5.81. The summed E-state index contributed by atoms with van der Waals surface area (Å²) in [7, 11) is -3.84. The quantitative estimate of drug-likeness (QED) is 0.891. The van der Waals surface area contributed by atoms with Crippen LogP contribution in [0.5, 0.6) is 0 Å². The van der Waals surface area contributed by atoms with Crippen LogP contribution in [0.2, 0.25) is 5.02 Å². The lowest BCUT2D eigenvalue weighted by molar-refractivity contribution is -0.132. The third-order valence-corrected chi connectivity index (χ3v) is 5.70. The van der Waals surface area contributed by atoms with Gasteiger partial charge in [-0.3, -0.25) is 4.79 Å². The van der Waals surface area contributed by atoms with Crippen LogP contribution >= 0.6 is 11.6 Å². The number of sulfonamides is 1. The Labute approximate surface area is 136 Å². The SMILES string of the molecule is CC(C)[C@@H](NS(=O)(=O)c1ccccc1Cl)C(=O)N1CCCC1. The number of hydrogen-bond donors (Lipinski definition) is 1. The van der Waals surface area contributed by atoms with Crippen molar-refractivity contribution in [3.05, 3.63) is 29.3 Å². The number of carbonyl (C=O) groups excluding carboxylic acids is 1. The molecule has 2 rings (SSSR count). The van der Waals surface area contributed by atoms with Crippen molar-refractivity contribution in [3.63, 3.8) is 0 Å². The molecule has 0 spiro atoms. The van der Waals surface area contributed by atoms with Crippen molar-refractivity contribution < 1.29 is 13.2 Å². The van der Waals surface area contributed by atoms with E-state index in [4.69, 9.17) is 11.6 Å². The van der Waals surface area contributed by atoms with Crippen molar-refractivity contribution in [2.24, 2.45) is 5.92 Å². The van der Waals surface area contributed by atoms with Gasteiger partial charge >= 0.3 is 0 Å². The Hall–Kier alpha value is -1.11. The van der Waals surface area contributed by atoms with E-state index in [2.05, 4.69) is 4.72 Å². The second kappa shape index (κ2) is 6.98. The predicted molar refractivity (Wildman–Crippen MR) is 86.2 cm³/mol. The van der Waals surface area contributed by atoms with Crippen molar-refractivity contribution in [1.82, 2.24) is 9.62 Å². The molecule has 0 saturated carbocycles. The van der Waals surface area contributed by atoms with Gasteiger partial charge in [-0.2, -0.15) is 4.72 Å². The minimum Gasteiger partial charge on any atom is -0.341 e. The molecule has 1 aliphatic heterocycles. The Kier molecular flexibility index (Phi) is 5.47. The molecule has 1 heterocycles. The second-order valence-corrected chi connectivity index (χ2v) is 7.90. The van der Waals surface area contributed by atoms with Crippen molar-refractivity contribution in [2.45, 2.75) is 37.6 Å². The smallest absolute Gasteiger partial charge is 0.242 e. The number of benzene rings is 1. The van der Waals surface area contributed by atoms with Gasteiger partial charge < -0.3 is 4.90 Å². The zero-order valence-electron chi connectivity index (χ0n) is 12.8. The summed E-state index contributed by atoms with van der Waals surface area (Å²) in [5.41, 5.74) is 0. The maximum absolute atomic E-state index is 12.5. The fourth-order valence-corrected chi connectivity index (χ4v) is 4.36. The number of halogens is 1. The average molecular weight is 345 g/mol. The third-order valence-electron chi connectivity index (χ3n) is 3.76. The van der Waals surface area contributed by atoms with Crippen molar-refractivity contribution in [3.8, 4) is 0 Å². The molecule has 0 radical (unpaired) electrons. The van der Waals surface area contributed by atoms with E-state index in [1.807, 2.05) is 13.8 Å². The van der Waals surface area contributed by atoms with Gasteiger partial charge in [0.2, 0.25) is 15.9 Å². The zero-order chi connectivity index (χ0) is 16.3. The van der Waals surface area contributed by atoms with Gasteiger partial charge in [0.15, 0.2) is 0 Å². The first-order valence-corrected chi connectivity index (χ1v) is 9.24. The van der Waals surface area contributed by atoms with Gasteiger partial charge in [-0.05, 0) is 30.9 Å². The fourth-order valence-electron chi connectivity index (χ4n) is 2.50. The van der Waals surface area contributed by atoms with Gasteiger partial charge in [0.05, 0.1) is 5.02 Å². The molecule has 0 unspecified atom stereocenters. The number of carbonyl (C=O) groups is 1. The van der Waals surface area contributed by atoms with E-state index in [-0.39, 0.29) is 21.7 Å². The van der Waals surface area contributed by atoms with E-state index in [0.717, 1.165) is 12.8 Å². The molecular formula is C15H21ClN2O3S. The zero-order valence-corrected chi connectivity index (χ0v) is 14.3. The van der Waals surface area contributed by atoms with E-state index in [0.29, 0.717) is 13.1 Å². The molecule has 1 atom stereocenters. The Morgan fingerprint density at radius 1 is 1.23 bits per heavy atom. The first kappa shape index (κ1) is 17.2. The van der Waals surface area contributed by atoms with E-state index in [1.54, 1.807) is 17.0 Å². The molecule has 0 aliphatic carbocycles. The standard InChI is InChI=1S/C15H21ClN2O3S/c1-11(2)14(15(19)18-9-5-6-10-18)17-22(20,21)13-8-4-3-7-12(13)16/h3-4,7-8,11,14,17H,5-6,9-10H2,1-2H3/t14-/m1/s1. The Bertz CT molecular complexity index is 640. The molecule has 5 nitrogen and oxygen atoms in total. The first-order chi connectivity index (χ1) is 10.3. The summed E-state index contributed by atoms with van der Waals surface area (Å²) in [4.78, 5) is 14.3. The summed E-state index contributed by atoms with van der Waals surface area (Å²) >= 11 is 5.96. The largest absolute Gasteiger partial charge is 0.341 e. The molecule has 7 heteroatoms. The number of likely N-dealkylation sites (tertiary alicyclic amines) is 1. The number of rotatable bonds is 5. The van der Waals surface area contributed by atoms with E-state index in [1.165, 1.54) is 12.1 Å².